The molecule has 0 aromatic heterocycles. The van der Waals surface area contributed by atoms with Crippen LogP contribution in [0, 0.1) is 0 Å². The minimum Gasteiger partial charge on any atom is -0.377 e. The number of rotatable bonds is 10. The van der Waals surface area contributed by atoms with Gasteiger partial charge in [-0.3, -0.25) is 0 Å². The highest BCUT2D eigenvalue weighted by atomic mass is 16.6. The fraction of sp³-hybridized carbons (Fsp3) is 0.400. The highest BCUT2D eigenvalue weighted by molar-refractivity contribution is 5.14. The van der Waals surface area contributed by atoms with Crippen molar-refractivity contribution in [1.29, 1.82) is 0 Å². The van der Waals surface area contributed by atoms with E-state index in [4.69, 9.17) is 14.2 Å². The molecule has 0 radical (unpaired) electrons. The Balaban J connectivity index is 1.19. The van der Waals surface area contributed by atoms with Crippen LogP contribution in [0.2, 0.25) is 0 Å². The molecule has 0 unspecified atom stereocenters. The van der Waals surface area contributed by atoms with Crippen LogP contribution in [0.4, 0.5) is 0 Å². The smallest absolute Gasteiger partial charge is 0.0864 e. The fourth-order valence-electron chi connectivity index (χ4n) is 2.61. The molecule has 0 bridgehead atoms. The van der Waals surface area contributed by atoms with Gasteiger partial charge in [0.15, 0.2) is 0 Å². The van der Waals surface area contributed by atoms with E-state index in [1.165, 1.54) is 11.1 Å². The van der Waals surface area contributed by atoms with E-state index in [1.807, 2.05) is 36.4 Å². The minimum atomic E-state index is 0.353. The molecule has 1 aliphatic rings. The minimum absolute atomic E-state index is 0.353. The molecule has 1 saturated heterocycles. The SMILES string of the molecule is c1ccc(COCC[C@H]2O[C@@H]2CCOCc2ccccc2)cc1. The van der Waals surface area contributed by atoms with Crippen molar-refractivity contribution in [2.75, 3.05) is 13.2 Å². The molecular weight excluding hydrogens is 288 g/mol. The summed E-state index contributed by atoms with van der Waals surface area (Å²) in [6, 6.07) is 20.5. The highest BCUT2D eigenvalue weighted by Gasteiger charge is 2.37. The molecule has 1 heterocycles. The Hall–Kier alpha value is -1.68. The lowest BCUT2D eigenvalue weighted by molar-refractivity contribution is 0.112. The Morgan fingerprint density at radius 3 is 1.52 bits per heavy atom. The average Bonchev–Trinajstić information content (AvgIpc) is 3.36. The second kappa shape index (κ2) is 8.82. The van der Waals surface area contributed by atoms with E-state index >= 15 is 0 Å². The van der Waals surface area contributed by atoms with Gasteiger partial charge in [0.2, 0.25) is 0 Å². The molecule has 1 aliphatic heterocycles. The average molecular weight is 312 g/mol. The maximum atomic E-state index is 5.69. The molecule has 23 heavy (non-hydrogen) atoms. The van der Waals surface area contributed by atoms with Gasteiger partial charge in [0, 0.05) is 13.2 Å². The number of ether oxygens (including phenoxy) is 3. The molecule has 3 heteroatoms. The summed E-state index contributed by atoms with van der Waals surface area (Å²) >= 11 is 0. The zero-order valence-corrected chi connectivity index (χ0v) is 13.4. The molecule has 122 valence electrons. The number of benzene rings is 2. The summed E-state index contributed by atoms with van der Waals surface area (Å²) in [5.74, 6) is 0. The van der Waals surface area contributed by atoms with E-state index in [0.717, 1.165) is 26.1 Å². The highest BCUT2D eigenvalue weighted by Crippen LogP contribution is 2.28. The topological polar surface area (TPSA) is 31.0 Å². The van der Waals surface area contributed by atoms with E-state index in [9.17, 15) is 0 Å². The van der Waals surface area contributed by atoms with E-state index in [-0.39, 0.29) is 0 Å². The Kier molecular flexibility index (Phi) is 6.21. The van der Waals surface area contributed by atoms with Crippen molar-refractivity contribution in [3.63, 3.8) is 0 Å². The van der Waals surface area contributed by atoms with E-state index in [0.29, 0.717) is 25.4 Å². The normalized spacial score (nSPS) is 19.7. The van der Waals surface area contributed by atoms with Crippen LogP contribution in [0.1, 0.15) is 24.0 Å². The lowest BCUT2D eigenvalue weighted by Crippen LogP contribution is -2.04. The van der Waals surface area contributed by atoms with Crippen LogP contribution in [0.15, 0.2) is 60.7 Å². The maximum absolute atomic E-state index is 5.69. The largest absolute Gasteiger partial charge is 0.377 e. The van der Waals surface area contributed by atoms with Crippen molar-refractivity contribution in [3.8, 4) is 0 Å². The molecule has 2 aromatic rings. The Morgan fingerprint density at radius 1 is 0.652 bits per heavy atom. The van der Waals surface area contributed by atoms with Crippen molar-refractivity contribution < 1.29 is 14.2 Å². The lowest BCUT2D eigenvalue weighted by Gasteiger charge is -2.03. The zero-order valence-electron chi connectivity index (χ0n) is 13.4. The third-order valence-corrected chi connectivity index (χ3v) is 4.00. The summed E-state index contributed by atoms with van der Waals surface area (Å²) in [7, 11) is 0. The second-order valence-corrected chi connectivity index (χ2v) is 5.87. The Morgan fingerprint density at radius 2 is 1.09 bits per heavy atom. The molecule has 0 N–H and O–H groups in total. The van der Waals surface area contributed by atoms with Gasteiger partial charge in [-0.25, -0.2) is 0 Å². The van der Waals surface area contributed by atoms with Gasteiger partial charge in [-0.2, -0.15) is 0 Å². The van der Waals surface area contributed by atoms with Crippen LogP contribution < -0.4 is 0 Å². The van der Waals surface area contributed by atoms with Crippen LogP contribution in [0.5, 0.6) is 0 Å². The first kappa shape index (κ1) is 16.2. The quantitative estimate of drug-likeness (QED) is 0.491. The van der Waals surface area contributed by atoms with Crippen molar-refractivity contribution in [3.05, 3.63) is 71.8 Å². The predicted molar refractivity (Wildman–Crippen MR) is 90.1 cm³/mol. The standard InChI is InChI=1S/C20H24O3/c1-3-7-17(8-4-1)15-21-13-11-19-20(23-19)12-14-22-16-18-9-5-2-6-10-18/h1-10,19-20H,11-16H2/t19-,20-/m1/s1. The molecular formula is C20H24O3. The number of epoxide rings is 1. The van der Waals surface area contributed by atoms with Gasteiger partial charge < -0.3 is 14.2 Å². The van der Waals surface area contributed by atoms with Crippen molar-refractivity contribution in [2.45, 2.75) is 38.3 Å². The lowest BCUT2D eigenvalue weighted by atomic mass is 10.2. The van der Waals surface area contributed by atoms with Gasteiger partial charge in [-0.05, 0) is 24.0 Å². The summed E-state index contributed by atoms with van der Waals surface area (Å²) in [4.78, 5) is 0. The third-order valence-electron chi connectivity index (χ3n) is 4.00. The molecule has 3 rings (SSSR count). The molecule has 0 aliphatic carbocycles. The second-order valence-electron chi connectivity index (χ2n) is 5.87. The van der Waals surface area contributed by atoms with E-state index in [2.05, 4.69) is 24.3 Å². The number of hydrogen-bond acceptors (Lipinski definition) is 3. The van der Waals surface area contributed by atoms with Gasteiger partial charge in [-0.1, -0.05) is 60.7 Å². The van der Waals surface area contributed by atoms with Crippen LogP contribution >= 0.6 is 0 Å². The summed E-state index contributed by atoms with van der Waals surface area (Å²) in [6.07, 6.45) is 2.64. The molecule has 0 spiro atoms. The Bertz CT molecular complexity index is 504. The summed E-state index contributed by atoms with van der Waals surface area (Å²) < 4.78 is 17.0. The van der Waals surface area contributed by atoms with Gasteiger partial charge in [0.05, 0.1) is 25.4 Å². The van der Waals surface area contributed by atoms with Crippen molar-refractivity contribution in [1.82, 2.24) is 0 Å². The van der Waals surface area contributed by atoms with Gasteiger partial charge in [0.25, 0.3) is 0 Å². The van der Waals surface area contributed by atoms with Crippen LogP contribution in [0.3, 0.4) is 0 Å². The Labute approximate surface area is 138 Å². The monoisotopic (exact) mass is 312 g/mol. The predicted octanol–water partition coefficient (Wildman–Crippen LogP) is 3.97. The molecule has 0 saturated carbocycles. The van der Waals surface area contributed by atoms with E-state index in [1.54, 1.807) is 0 Å². The molecule has 0 amide bonds. The van der Waals surface area contributed by atoms with Crippen molar-refractivity contribution in [2.24, 2.45) is 0 Å². The first-order valence-corrected chi connectivity index (χ1v) is 8.30. The maximum Gasteiger partial charge on any atom is 0.0864 e. The summed E-state index contributed by atoms with van der Waals surface area (Å²) in [5, 5.41) is 0. The first-order valence-electron chi connectivity index (χ1n) is 8.30. The van der Waals surface area contributed by atoms with Crippen LogP contribution in [-0.4, -0.2) is 25.4 Å². The van der Waals surface area contributed by atoms with Gasteiger partial charge >= 0.3 is 0 Å². The number of hydrogen-bond donors (Lipinski definition) is 0. The fourth-order valence-corrected chi connectivity index (χ4v) is 2.61. The third kappa shape index (κ3) is 5.79. The zero-order chi connectivity index (χ0) is 15.7. The van der Waals surface area contributed by atoms with Gasteiger partial charge in [0.1, 0.15) is 0 Å². The summed E-state index contributed by atoms with van der Waals surface area (Å²) in [5.41, 5.74) is 2.44. The molecule has 2 atom stereocenters. The van der Waals surface area contributed by atoms with E-state index < -0.39 is 0 Å². The molecule has 1 fully saturated rings. The van der Waals surface area contributed by atoms with Crippen molar-refractivity contribution >= 4 is 0 Å². The van der Waals surface area contributed by atoms with Gasteiger partial charge in [-0.15, -0.1) is 0 Å². The molecule has 3 nitrogen and oxygen atoms in total. The molecule has 2 aromatic carbocycles. The summed E-state index contributed by atoms with van der Waals surface area (Å²) in [6.45, 7) is 2.86. The first-order chi connectivity index (χ1) is 11.4. The van der Waals surface area contributed by atoms with Crippen LogP contribution in [-0.2, 0) is 27.4 Å². The van der Waals surface area contributed by atoms with Crippen LogP contribution in [0.25, 0.3) is 0 Å².